The summed E-state index contributed by atoms with van der Waals surface area (Å²) in [6, 6.07) is 0. The van der Waals surface area contributed by atoms with Crippen molar-refractivity contribution in [2.75, 3.05) is 0 Å². The van der Waals surface area contributed by atoms with E-state index in [0.717, 1.165) is 0 Å². The Morgan fingerprint density at radius 1 is 1.56 bits per heavy atom. The maximum Gasteiger partial charge on any atom is 0.413 e. The zero-order chi connectivity index (χ0) is 7.91. The van der Waals surface area contributed by atoms with Crippen LogP contribution in [0, 0.1) is 0 Å². The van der Waals surface area contributed by atoms with Crippen molar-refractivity contribution >= 4 is 16.9 Å². The summed E-state index contributed by atoms with van der Waals surface area (Å²) in [6.07, 6.45) is 0. The van der Waals surface area contributed by atoms with Gasteiger partial charge < -0.3 is 5.11 Å². The molecular formula is CH5NO6S. The van der Waals surface area contributed by atoms with E-state index >= 15 is 0 Å². The van der Waals surface area contributed by atoms with Crippen molar-refractivity contribution in [2.24, 2.45) is 5.90 Å². The number of nitrogens with two attached hydrogens (primary N) is 1. The summed E-state index contributed by atoms with van der Waals surface area (Å²) in [7, 11) is -4.38. The van der Waals surface area contributed by atoms with E-state index in [9.17, 15) is 8.42 Å². The van der Waals surface area contributed by atoms with Crippen LogP contribution >= 0.6 is 0 Å². The summed E-state index contributed by atoms with van der Waals surface area (Å²) in [4.78, 5) is 8.36. The van der Waals surface area contributed by atoms with Gasteiger partial charge in [-0.05, 0) is 0 Å². The fourth-order valence-electron chi connectivity index (χ4n) is 0. The lowest BCUT2D eigenvalue weighted by Gasteiger charge is -1.81. The normalized spacial score (nSPS) is 9.11. The molecular weight excluding hydrogens is 154 g/mol. The number of carbonyl (C=O) groups is 1. The first-order valence-electron chi connectivity index (χ1n) is 1.41. The lowest BCUT2D eigenvalue weighted by molar-refractivity contribution is -0.122. The lowest BCUT2D eigenvalue weighted by atomic mass is 11.7. The molecule has 0 radical (unpaired) electrons. The minimum absolute atomic E-state index is 0.250. The van der Waals surface area contributed by atoms with Crippen molar-refractivity contribution in [3.63, 3.8) is 0 Å². The first-order valence-corrected chi connectivity index (χ1v) is 2.78. The molecule has 8 heteroatoms. The van der Waals surface area contributed by atoms with Gasteiger partial charge >= 0.3 is 10.4 Å². The third-order valence-electron chi connectivity index (χ3n) is 0.122. The highest BCUT2D eigenvalue weighted by molar-refractivity contribution is 7.80. The van der Waals surface area contributed by atoms with E-state index in [4.69, 9.17) is 14.5 Å². The van der Waals surface area contributed by atoms with Crippen molar-refractivity contribution in [1.29, 1.82) is 0 Å². The van der Waals surface area contributed by atoms with Crippen LogP contribution in [0.3, 0.4) is 0 Å². The third kappa shape index (κ3) is 38.8. The smallest absolute Gasteiger partial charge is 0.413 e. The predicted octanol–water partition coefficient (Wildman–Crippen LogP) is -1.62. The molecule has 0 saturated heterocycles. The molecule has 0 saturated carbocycles. The topological polar surface area (TPSA) is 127 Å². The summed E-state index contributed by atoms with van der Waals surface area (Å²) in [6.45, 7) is -0.250. The van der Waals surface area contributed by atoms with Crippen LogP contribution < -0.4 is 5.90 Å². The van der Waals surface area contributed by atoms with Gasteiger partial charge in [0.1, 0.15) is 0 Å². The molecule has 0 aromatic heterocycles. The predicted molar refractivity (Wildman–Crippen MR) is 25.5 cm³/mol. The Morgan fingerprint density at radius 2 is 1.67 bits per heavy atom. The molecule has 7 nitrogen and oxygen atoms in total. The Bertz CT molecular complexity index is 146. The highest BCUT2D eigenvalue weighted by Crippen LogP contribution is 1.70. The second kappa shape index (κ2) is 5.44. The Morgan fingerprint density at radius 3 is 1.67 bits per heavy atom. The number of rotatable bonds is 1. The molecule has 0 spiro atoms. The van der Waals surface area contributed by atoms with Gasteiger partial charge in [0.15, 0.2) is 0 Å². The van der Waals surface area contributed by atoms with Crippen molar-refractivity contribution in [3.05, 3.63) is 0 Å². The SMILES string of the molecule is NOS(=O)(=O)O.O=CO. The Kier molecular flexibility index (Phi) is 6.73. The van der Waals surface area contributed by atoms with Crippen LogP contribution in [-0.2, 0) is 19.5 Å². The van der Waals surface area contributed by atoms with Gasteiger partial charge in [0, 0.05) is 0 Å². The van der Waals surface area contributed by atoms with E-state index in [1.54, 1.807) is 0 Å². The van der Waals surface area contributed by atoms with Crippen LogP contribution in [0.4, 0.5) is 0 Å². The zero-order valence-corrected chi connectivity index (χ0v) is 4.91. The quantitative estimate of drug-likeness (QED) is 0.238. The Balaban J connectivity index is 0. The van der Waals surface area contributed by atoms with Gasteiger partial charge in [0.2, 0.25) is 0 Å². The largest absolute Gasteiger partial charge is 0.483 e. The van der Waals surface area contributed by atoms with Crippen LogP contribution in [0.25, 0.3) is 0 Å². The average molecular weight is 159 g/mol. The average Bonchev–Trinajstić information content (AvgIpc) is 1.67. The molecule has 4 N–H and O–H groups in total. The third-order valence-corrected chi connectivity index (χ3v) is 0.365. The monoisotopic (exact) mass is 159 g/mol. The number of hydrogen-bond donors (Lipinski definition) is 3. The van der Waals surface area contributed by atoms with Gasteiger partial charge in [-0.15, -0.1) is 0 Å². The van der Waals surface area contributed by atoms with E-state index in [2.05, 4.69) is 10.2 Å². The summed E-state index contributed by atoms with van der Waals surface area (Å²) in [5.41, 5.74) is 0. The standard InChI is InChI=1S/CH2O2.H3NO4S/c2-1-3;1-5-6(2,3)4/h1H,(H,2,3);1H2,(H,2,3,4). The molecule has 0 heterocycles. The fraction of sp³-hybridized carbons (Fsp3) is 0. The van der Waals surface area contributed by atoms with Crippen LogP contribution in [0.2, 0.25) is 0 Å². The van der Waals surface area contributed by atoms with Crippen molar-refractivity contribution in [3.8, 4) is 0 Å². The molecule has 0 aromatic carbocycles. The van der Waals surface area contributed by atoms with Crippen molar-refractivity contribution in [1.82, 2.24) is 0 Å². The molecule has 0 fully saturated rings. The molecule has 9 heavy (non-hydrogen) atoms. The summed E-state index contributed by atoms with van der Waals surface area (Å²) in [5.74, 6) is 3.97. The van der Waals surface area contributed by atoms with Gasteiger partial charge in [0.25, 0.3) is 6.47 Å². The minimum atomic E-state index is -4.38. The van der Waals surface area contributed by atoms with E-state index in [1.165, 1.54) is 0 Å². The van der Waals surface area contributed by atoms with Crippen molar-refractivity contribution in [2.45, 2.75) is 0 Å². The fourth-order valence-corrected chi connectivity index (χ4v) is 0. The molecule has 0 atom stereocenters. The van der Waals surface area contributed by atoms with Gasteiger partial charge in [-0.3, -0.25) is 9.35 Å². The molecule has 0 bridgehead atoms. The van der Waals surface area contributed by atoms with E-state index in [0.29, 0.717) is 0 Å². The van der Waals surface area contributed by atoms with E-state index in [-0.39, 0.29) is 6.47 Å². The second-order valence-electron chi connectivity index (χ2n) is 0.629. The van der Waals surface area contributed by atoms with Crippen LogP contribution in [0.5, 0.6) is 0 Å². The molecule has 0 aliphatic heterocycles. The second-order valence-corrected chi connectivity index (χ2v) is 1.68. The molecule has 0 aliphatic carbocycles. The van der Waals surface area contributed by atoms with Crippen LogP contribution in [0.15, 0.2) is 0 Å². The van der Waals surface area contributed by atoms with Crippen LogP contribution in [-0.4, -0.2) is 24.5 Å². The highest BCUT2D eigenvalue weighted by Gasteiger charge is 1.95. The highest BCUT2D eigenvalue weighted by atomic mass is 32.3. The number of carboxylic acid groups (broad SMARTS) is 1. The lowest BCUT2D eigenvalue weighted by Crippen LogP contribution is -2.08. The van der Waals surface area contributed by atoms with Gasteiger partial charge in [0.05, 0.1) is 0 Å². The molecule has 0 rings (SSSR count). The molecule has 0 aliphatic rings. The zero-order valence-electron chi connectivity index (χ0n) is 4.09. The Labute approximate surface area is 50.9 Å². The summed E-state index contributed by atoms with van der Waals surface area (Å²) >= 11 is 0. The van der Waals surface area contributed by atoms with Gasteiger partial charge in [-0.25, -0.2) is 0 Å². The summed E-state index contributed by atoms with van der Waals surface area (Å²) in [5, 5.41) is 6.89. The molecule has 0 unspecified atom stereocenters. The maximum absolute atomic E-state index is 9.21. The Hall–Kier alpha value is -0.700. The van der Waals surface area contributed by atoms with E-state index < -0.39 is 10.4 Å². The first-order chi connectivity index (χ1) is 3.97. The number of hydrogen-bond acceptors (Lipinski definition) is 5. The first kappa shape index (κ1) is 11.1. The maximum atomic E-state index is 9.21. The minimum Gasteiger partial charge on any atom is -0.483 e. The summed E-state index contributed by atoms with van der Waals surface area (Å²) < 4.78 is 28.8. The molecule has 0 amide bonds. The van der Waals surface area contributed by atoms with Gasteiger partial charge in [-0.1, -0.05) is 0 Å². The molecule has 0 aromatic rings. The van der Waals surface area contributed by atoms with Gasteiger partial charge in [-0.2, -0.15) is 18.6 Å². The van der Waals surface area contributed by atoms with Crippen LogP contribution in [0.1, 0.15) is 0 Å². The van der Waals surface area contributed by atoms with Crippen molar-refractivity contribution < 1.29 is 27.2 Å². The van der Waals surface area contributed by atoms with E-state index in [1.807, 2.05) is 0 Å². The molecule has 56 valence electrons.